The number of amides is 2. The zero-order valence-corrected chi connectivity index (χ0v) is 13.9. The van der Waals surface area contributed by atoms with Crippen molar-refractivity contribution in [2.45, 2.75) is 13.1 Å². The Kier molecular flexibility index (Phi) is 5.93. The molecule has 0 fully saturated rings. The fourth-order valence-electron chi connectivity index (χ4n) is 2.08. The average molecular weight is 386 g/mol. The minimum absolute atomic E-state index is 0.00743. The molecule has 2 amide bonds. The number of rotatable bonds is 5. The minimum Gasteiger partial charge on any atom is -0.345 e. The number of carbonyl (C=O) groups is 2. The van der Waals surface area contributed by atoms with Crippen LogP contribution in [0.15, 0.2) is 35.1 Å². The Morgan fingerprint density at radius 1 is 1.19 bits per heavy atom. The number of hydrogen-bond acceptors (Lipinski definition) is 4. The second-order valence-electron chi connectivity index (χ2n) is 5.44. The van der Waals surface area contributed by atoms with Crippen LogP contribution in [-0.2, 0) is 4.79 Å². The van der Waals surface area contributed by atoms with Gasteiger partial charge in [-0.15, -0.1) is 0 Å². The highest BCUT2D eigenvalue weighted by molar-refractivity contribution is 5.94. The zero-order chi connectivity index (χ0) is 20.2. The molecule has 0 aliphatic heterocycles. The van der Waals surface area contributed by atoms with E-state index in [1.54, 1.807) is 5.32 Å². The molecule has 0 bridgehead atoms. The van der Waals surface area contributed by atoms with Gasteiger partial charge in [0, 0.05) is 11.8 Å². The van der Waals surface area contributed by atoms with Gasteiger partial charge in [0.1, 0.15) is 18.0 Å². The maximum absolute atomic E-state index is 13.9. The largest absolute Gasteiger partial charge is 0.405 e. The normalized spacial score (nSPS) is 11.1. The van der Waals surface area contributed by atoms with E-state index >= 15 is 0 Å². The first kappa shape index (κ1) is 20.1. The number of aromatic nitrogens is 2. The third-order valence-electron chi connectivity index (χ3n) is 3.30. The van der Waals surface area contributed by atoms with Gasteiger partial charge in [-0.2, -0.15) is 18.3 Å². The molecule has 27 heavy (non-hydrogen) atoms. The van der Waals surface area contributed by atoms with Gasteiger partial charge in [0.15, 0.2) is 5.69 Å². The van der Waals surface area contributed by atoms with Crippen LogP contribution < -0.4 is 16.1 Å². The molecule has 0 atom stereocenters. The molecular formula is C16H14F4N4O3. The molecule has 11 heteroatoms. The summed E-state index contributed by atoms with van der Waals surface area (Å²) in [6.45, 7) is -0.860. The molecule has 1 aromatic heterocycles. The Bertz CT molecular complexity index is 925. The minimum atomic E-state index is -4.59. The lowest BCUT2D eigenvalue weighted by molar-refractivity contribution is -0.137. The summed E-state index contributed by atoms with van der Waals surface area (Å²) in [7, 11) is 0. The molecule has 1 heterocycles. The topological polar surface area (TPSA) is 93.1 Å². The second-order valence-corrected chi connectivity index (χ2v) is 5.44. The second kappa shape index (κ2) is 7.98. The fourth-order valence-corrected chi connectivity index (χ4v) is 2.08. The van der Waals surface area contributed by atoms with Crippen molar-refractivity contribution in [3.8, 4) is 5.69 Å². The summed E-state index contributed by atoms with van der Waals surface area (Å²) >= 11 is 0. The number of benzene rings is 1. The lowest BCUT2D eigenvalue weighted by atomic mass is 10.2. The van der Waals surface area contributed by atoms with Crippen molar-refractivity contribution in [1.29, 1.82) is 0 Å². The maximum atomic E-state index is 13.9. The molecule has 144 valence electrons. The van der Waals surface area contributed by atoms with Crippen LogP contribution in [0.5, 0.6) is 0 Å². The Hall–Kier alpha value is -3.24. The number of nitrogens with zero attached hydrogens (tertiary/aromatic N) is 2. The molecule has 1 aromatic carbocycles. The molecule has 2 rings (SSSR count). The van der Waals surface area contributed by atoms with E-state index in [4.69, 9.17) is 0 Å². The van der Waals surface area contributed by atoms with Gasteiger partial charge in [-0.25, -0.2) is 9.07 Å². The molecule has 0 radical (unpaired) electrons. The summed E-state index contributed by atoms with van der Waals surface area (Å²) in [6.07, 6.45) is -4.59. The molecule has 0 unspecified atom stereocenters. The van der Waals surface area contributed by atoms with Crippen LogP contribution in [0.1, 0.15) is 16.2 Å². The molecule has 2 N–H and O–H groups in total. The highest BCUT2D eigenvalue weighted by Crippen LogP contribution is 2.13. The average Bonchev–Trinajstić information content (AvgIpc) is 2.58. The highest BCUT2D eigenvalue weighted by atomic mass is 19.4. The monoisotopic (exact) mass is 386 g/mol. The third-order valence-corrected chi connectivity index (χ3v) is 3.30. The summed E-state index contributed by atoms with van der Waals surface area (Å²) in [5.41, 5.74) is -1.17. The van der Waals surface area contributed by atoms with Crippen LogP contribution in [0.25, 0.3) is 5.69 Å². The van der Waals surface area contributed by atoms with Gasteiger partial charge in [-0.1, -0.05) is 12.1 Å². The van der Waals surface area contributed by atoms with E-state index in [-0.39, 0.29) is 11.4 Å². The van der Waals surface area contributed by atoms with Crippen molar-refractivity contribution in [3.05, 3.63) is 57.8 Å². The molecule has 0 saturated carbocycles. The standard InChI is InChI=1S/C16H14F4N4O3/c1-9-6-12(25)14(23-24(9)11-5-3-2-4-10(11)17)15(27)21-7-13(26)22-8-16(18,19)20/h2-6H,7-8H2,1H3,(H,21,27)(H,22,26). The molecule has 7 nitrogen and oxygen atoms in total. The van der Waals surface area contributed by atoms with Crippen LogP contribution in [0.4, 0.5) is 17.6 Å². The van der Waals surface area contributed by atoms with Crippen LogP contribution in [0, 0.1) is 12.7 Å². The van der Waals surface area contributed by atoms with Gasteiger partial charge >= 0.3 is 6.18 Å². The van der Waals surface area contributed by atoms with Crippen LogP contribution in [0.2, 0.25) is 0 Å². The van der Waals surface area contributed by atoms with Gasteiger partial charge in [0.05, 0.1) is 6.54 Å². The molecule has 0 saturated heterocycles. The zero-order valence-electron chi connectivity index (χ0n) is 13.9. The summed E-state index contributed by atoms with van der Waals surface area (Å²) in [5.74, 6) is -2.82. The number of para-hydroxylation sites is 1. The van der Waals surface area contributed by atoms with E-state index in [1.807, 2.05) is 5.32 Å². The molecular weight excluding hydrogens is 372 g/mol. The van der Waals surface area contributed by atoms with Crippen molar-refractivity contribution in [2.24, 2.45) is 0 Å². The summed E-state index contributed by atoms with van der Waals surface area (Å²) in [4.78, 5) is 35.4. The van der Waals surface area contributed by atoms with E-state index in [1.165, 1.54) is 31.2 Å². The van der Waals surface area contributed by atoms with Gasteiger partial charge in [-0.3, -0.25) is 14.4 Å². The van der Waals surface area contributed by atoms with Crippen LogP contribution >= 0.6 is 0 Å². The Morgan fingerprint density at radius 2 is 1.85 bits per heavy atom. The molecule has 2 aromatic rings. The van der Waals surface area contributed by atoms with Crippen molar-refractivity contribution in [2.75, 3.05) is 13.1 Å². The first-order valence-corrected chi connectivity index (χ1v) is 7.56. The number of hydrogen-bond donors (Lipinski definition) is 2. The summed E-state index contributed by atoms with van der Waals surface area (Å²) in [5, 5.41) is 7.37. The third kappa shape index (κ3) is 5.36. The molecule has 0 aliphatic carbocycles. The SMILES string of the molecule is Cc1cc(=O)c(C(=O)NCC(=O)NCC(F)(F)F)nn1-c1ccccc1F. The lowest BCUT2D eigenvalue weighted by Crippen LogP contribution is -2.42. The summed E-state index contributed by atoms with van der Waals surface area (Å²) in [6, 6.07) is 6.58. The van der Waals surface area contributed by atoms with E-state index in [0.717, 1.165) is 10.7 Å². The van der Waals surface area contributed by atoms with Crippen molar-refractivity contribution < 1.29 is 27.2 Å². The Labute approximate surface area is 150 Å². The first-order valence-electron chi connectivity index (χ1n) is 7.56. The van der Waals surface area contributed by atoms with Crippen molar-refractivity contribution in [1.82, 2.24) is 20.4 Å². The van der Waals surface area contributed by atoms with Crippen LogP contribution in [0.3, 0.4) is 0 Å². The predicted octanol–water partition coefficient (Wildman–Crippen LogP) is 1.09. The predicted molar refractivity (Wildman–Crippen MR) is 85.9 cm³/mol. The van der Waals surface area contributed by atoms with E-state index < -0.39 is 48.0 Å². The quantitative estimate of drug-likeness (QED) is 0.753. The number of carbonyl (C=O) groups excluding carboxylic acids is 2. The van der Waals surface area contributed by atoms with Gasteiger partial charge in [-0.05, 0) is 19.1 Å². The molecule has 0 spiro atoms. The van der Waals surface area contributed by atoms with Gasteiger partial charge in [0.2, 0.25) is 11.3 Å². The highest BCUT2D eigenvalue weighted by Gasteiger charge is 2.27. The van der Waals surface area contributed by atoms with E-state index in [9.17, 15) is 31.9 Å². The number of aryl methyl sites for hydroxylation is 1. The van der Waals surface area contributed by atoms with E-state index in [2.05, 4.69) is 5.10 Å². The maximum Gasteiger partial charge on any atom is 0.405 e. The fraction of sp³-hybridized carbons (Fsp3) is 0.250. The Morgan fingerprint density at radius 3 is 2.48 bits per heavy atom. The summed E-state index contributed by atoms with van der Waals surface area (Å²) < 4.78 is 51.0. The van der Waals surface area contributed by atoms with Crippen molar-refractivity contribution >= 4 is 11.8 Å². The van der Waals surface area contributed by atoms with Crippen LogP contribution in [-0.4, -0.2) is 40.9 Å². The lowest BCUT2D eigenvalue weighted by Gasteiger charge is -2.12. The van der Waals surface area contributed by atoms with E-state index in [0.29, 0.717) is 0 Å². The smallest absolute Gasteiger partial charge is 0.345 e. The first-order chi connectivity index (χ1) is 12.6. The number of alkyl halides is 3. The van der Waals surface area contributed by atoms with Gasteiger partial charge in [0.25, 0.3) is 5.91 Å². The number of nitrogens with one attached hydrogen (secondary N) is 2. The Balaban J connectivity index is 2.17. The van der Waals surface area contributed by atoms with Gasteiger partial charge < -0.3 is 10.6 Å². The van der Waals surface area contributed by atoms with Crippen molar-refractivity contribution in [3.63, 3.8) is 0 Å². The number of halogens is 4. The molecule has 0 aliphatic rings.